The van der Waals surface area contributed by atoms with Crippen molar-refractivity contribution in [2.24, 2.45) is 5.92 Å². The maximum Gasteiger partial charge on any atom is 0.231 e. The molecule has 1 atom stereocenters. The molecule has 3 aromatic rings. The fraction of sp³-hybridized carbons (Fsp3) is 0.269. The van der Waals surface area contributed by atoms with Crippen LogP contribution in [0, 0.1) is 5.92 Å². The molecule has 0 N–H and O–H groups in total. The Morgan fingerprint density at radius 2 is 1.53 bits per heavy atom. The van der Waals surface area contributed by atoms with Crippen molar-refractivity contribution in [3.63, 3.8) is 0 Å². The summed E-state index contributed by atoms with van der Waals surface area (Å²) in [5.74, 6) is 1.98. The van der Waals surface area contributed by atoms with E-state index in [0.29, 0.717) is 12.2 Å². The first-order valence-corrected chi connectivity index (χ1v) is 10.5. The first-order chi connectivity index (χ1) is 14.8. The van der Waals surface area contributed by atoms with Crippen LogP contribution in [0.1, 0.15) is 29.0 Å². The largest absolute Gasteiger partial charge is 0.454 e. The van der Waals surface area contributed by atoms with Gasteiger partial charge in [-0.05, 0) is 28.8 Å². The van der Waals surface area contributed by atoms with Gasteiger partial charge in [0.25, 0.3) is 0 Å². The van der Waals surface area contributed by atoms with E-state index in [-0.39, 0.29) is 18.6 Å². The predicted molar refractivity (Wildman–Crippen MR) is 116 cm³/mol. The maximum atomic E-state index is 13.1. The third-order valence-corrected chi connectivity index (χ3v) is 6.11. The van der Waals surface area contributed by atoms with E-state index in [1.807, 2.05) is 18.2 Å². The summed E-state index contributed by atoms with van der Waals surface area (Å²) >= 11 is 0. The zero-order valence-corrected chi connectivity index (χ0v) is 16.9. The summed E-state index contributed by atoms with van der Waals surface area (Å²) in [6.45, 7) is 2.63. The average molecular weight is 399 g/mol. The van der Waals surface area contributed by atoms with Crippen molar-refractivity contribution in [3.05, 3.63) is 95.6 Å². The molecule has 1 unspecified atom stereocenters. The maximum absolute atomic E-state index is 13.1. The first kappa shape index (κ1) is 18.9. The molecule has 30 heavy (non-hydrogen) atoms. The Hall–Kier alpha value is -3.11. The number of ketones is 1. The van der Waals surface area contributed by atoms with Gasteiger partial charge in [0.2, 0.25) is 6.79 Å². The van der Waals surface area contributed by atoms with Crippen molar-refractivity contribution in [1.82, 2.24) is 4.90 Å². The van der Waals surface area contributed by atoms with Gasteiger partial charge in [0.15, 0.2) is 11.5 Å². The van der Waals surface area contributed by atoms with Crippen LogP contribution < -0.4 is 9.47 Å². The lowest BCUT2D eigenvalue weighted by Gasteiger charge is -2.36. The Bertz CT molecular complexity index is 979. The number of carbonyl (C=O) groups is 1. The van der Waals surface area contributed by atoms with Crippen LogP contribution >= 0.6 is 0 Å². The molecule has 1 fully saturated rings. The molecule has 5 rings (SSSR count). The minimum atomic E-state index is -0.0578. The van der Waals surface area contributed by atoms with E-state index in [2.05, 4.69) is 65.6 Å². The molecule has 4 nitrogen and oxygen atoms in total. The number of hydrogen-bond acceptors (Lipinski definition) is 4. The smallest absolute Gasteiger partial charge is 0.231 e. The van der Waals surface area contributed by atoms with Crippen molar-refractivity contribution >= 4 is 5.78 Å². The normalized spacial score (nSPS) is 18.7. The average Bonchev–Trinajstić information content (AvgIpc) is 3.26. The van der Waals surface area contributed by atoms with Crippen LogP contribution in [0.3, 0.4) is 0 Å². The summed E-state index contributed by atoms with van der Waals surface area (Å²) in [7, 11) is 0. The molecule has 2 heterocycles. The summed E-state index contributed by atoms with van der Waals surface area (Å²) in [6, 6.07) is 27.0. The number of carbonyl (C=O) groups excluding carboxylic acids is 1. The Kier molecular flexibility index (Phi) is 5.24. The zero-order chi connectivity index (χ0) is 20.3. The summed E-state index contributed by atoms with van der Waals surface area (Å²) in [5, 5.41) is 0. The van der Waals surface area contributed by atoms with E-state index >= 15 is 0 Å². The molecule has 152 valence electrons. The molecule has 0 saturated carbocycles. The molecule has 3 aromatic carbocycles. The van der Waals surface area contributed by atoms with E-state index in [4.69, 9.17) is 9.47 Å². The Labute approximate surface area is 177 Å². The van der Waals surface area contributed by atoms with Crippen molar-refractivity contribution in [3.8, 4) is 11.5 Å². The molecule has 0 spiro atoms. The number of piperidine rings is 1. The van der Waals surface area contributed by atoms with Crippen molar-refractivity contribution in [2.45, 2.75) is 18.9 Å². The van der Waals surface area contributed by atoms with Gasteiger partial charge in [-0.3, -0.25) is 9.69 Å². The Morgan fingerprint density at radius 3 is 2.23 bits per heavy atom. The molecule has 2 aliphatic rings. The molecule has 2 aliphatic heterocycles. The van der Waals surface area contributed by atoms with Gasteiger partial charge in [-0.1, -0.05) is 66.7 Å². The van der Waals surface area contributed by atoms with Gasteiger partial charge < -0.3 is 9.47 Å². The number of ether oxygens (including phenoxy) is 2. The molecule has 0 bridgehead atoms. The Morgan fingerprint density at radius 1 is 0.867 bits per heavy atom. The van der Waals surface area contributed by atoms with E-state index in [0.717, 1.165) is 31.1 Å². The third-order valence-electron chi connectivity index (χ3n) is 6.11. The highest BCUT2D eigenvalue weighted by Gasteiger charge is 2.35. The number of hydrogen-bond donors (Lipinski definition) is 0. The number of likely N-dealkylation sites (tertiary alicyclic amines) is 1. The van der Waals surface area contributed by atoms with Crippen LogP contribution in [0.25, 0.3) is 0 Å². The van der Waals surface area contributed by atoms with Gasteiger partial charge in [0.05, 0.1) is 0 Å². The van der Waals surface area contributed by atoms with Gasteiger partial charge in [-0.15, -0.1) is 0 Å². The van der Waals surface area contributed by atoms with Crippen molar-refractivity contribution < 1.29 is 14.3 Å². The molecule has 0 aromatic heterocycles. The highest BCUT2D eigenvalue weighted by molar-refractivity contribution is 5.83. The summed E-state index contributed by atoms with van der Waals surface area (Å²) in [4.78, 5) is 15.5. The fourth-order valence-corrected chi connectivity index (χ4v) is 4.64. The van der Waals surface area contributed by atoms with Gasteiger partial charge in [0, 0.05) is 37.9 Å². The standard InChI is InChI=1S/C26H25NO3/c28-23-13-14-27(16-19-11-12-24-25(15-19)30-18-29-24)17-22(23)26(20-7-3-1-4-8-20)21-9-5-2-6-10-21/h1-12,15,22,26H,13-14,16-18H2. The van der Waals surface area contributed by atoms with Crippen LogP contribution in [-0.4, -0.2) is 30.6 Å². The summed E-state index contributed by atoms with van der Waals surface area (Å²) in [6.07, 6.45) is 0.589. The molecule has 0 amide bonds. The molecule has 4 heteroatoms. The van der Waals surface area contributed by atoms with Crippen LogP contribution in [0.2, 0.25) is 0 Å². The Balaban J connectivity index is 1.41. The second kappa shape index (κ2) is 8.33. The number of benzene rings is 3. The zero-order valence-electron chi connectivity index (χ0n) is 16.9. The summed E-state index contributed by atoms with van der Waals surface area (Å²) in [5.41, 5.74) is 3.59. The number of fused-ring (bicyclic) bond motifs is 1. The highest BCUT2D eigenvalue weighted by atomic mass is 16.7. The number of Topliss-reactive ketones (excluding diaryl/α,β-unsaturated/α-hetero) is 1. The van der Waals surface area contributed by atoms with E-state index in [9.17, 15) is 4.79 Å². The lowest BCUT2D eigenvalue weighted by atomic mass is 9.76. The van der Waals surface area contributed by atoms with E-state index in [1.165, 1.54) is 16.7 Å². The molecule has 1 saturated heterocycles. The van der Waals surface area contributed by atoms with Crippen molar-refractivity contribution in [2.75, 3.05) is 19.9 Å². The van der Waals surface area contributed by atoms with Gasteiger partial charge in [0.1, 0.15) is 5.78 Å². The molecular weight excluding hydrogens is 374 g/mol. The quantitative estimate of drug-likeness (QED) is 0.627. The van der Waals surface area contributed by atoms with Gasteiger partial charge >= 0.3 is 0 Å². The van der Waals surface area contributed by atoms with Crippen LogP contribution in [0.15, 0.2) is 78.9 Å². The third kappa shape index (κ3) is 3.83. The first-order valence-electron chi connectivity index (χ1n) is 10.5. The van der Waals surface area contributed by atoms with Crippen LogP contribution in [0.5, 0.6) is 11.5 Å². The SMILES string of the molecule is O=C1CCN(Cc2ccc3c(c2)OCO3)CC1C(c1ccccc1)c1ccccc1. The van der Waals surface area contributed by atoms with Gasteiger partial charge in [-0.2, -0.15) is 0 Å². The number of nitrogens with zero attached hydrogens (tertiary/aromatic N) is 1. The van der Waals surface area contributed by atoms with E-state index < -0.39 is 0 Å². The van der Waals surface area contributed by atoms with E-state index in [1.54, 1.807) is 0 Å². The minimum Gasteiger partial charge on any atom is -0.454 e. The second-order valence-electron chi connectivity index (χ2n) is 8.04. The monoisotopic (exact) mass is 399 g/mol. The van der Waals surface area contributed by atoms with Gasteiger partial charge in [-0.25, -0.2) is 0 Å². The van der Waals surface area contributed by atoms with Crippen LogP contribution in [0.4, 0.5) is 0 Å². The fourth-order valence-electron chi connectivity index (χ4n) is 4.64. The lowest BCUT2D eigenvalue weighted by molar-refractivity contribution is -0.126. The summed E-state index contributed by atoms with van der Waals surface area (Å²) < 4.78 is 10.9. The minimum absolute atomic E-state index is 0.0578. The van der Waals surface area contributed by atoms with Crippen molar-refractivity contribution in [1.29, 1.82) is 0 Å². The topological polar surface area (TPSA) is 38.8 Å². The number of rotatable bonds is 5. The second-order valence-corrected chi connectivity index (χ2v) is 8.04. The lowest BCUT2D eigenvalue weighted by Crippen LogP contribution is -2.43. The predicted octanol–water partition coefficient (Wildman–Crippen LogP) is 4.64. The highest BCUT2D eigenvalue weighted by Crippen LogP contribution is 2.37. The molecular formula is C26H25NO3. The molecule has 0 radical (unpaired) electrons. The molecule has 0 aliphatic carbocycles. The van der Waals surface area contributed by atoms with Crippen LogP contribution in [-0.2, 0) is 11.3 Å².